The van der Waals surface area contributed by atoms with Crippen molar-refractivity contribution < 1.29 is 4.79 Å². The average molecular weight is 376 g/mol. The van der Waals surface area contributed by atoms with E-state index in [0.717, 1.165) is 12.0 Å². The van der Waals surface area contributed by atoms with Crippen LogP contribution in [0.15, 0.2) is 77.7 Å². The summed E-state index contributed by atoms with van der Waals surface area (Å²) in [7, 11) is 0. The lowest BCUT2D eigenvalue weighted by atomic mass is 10.1. The summed E-state index contributed by atoms with van der Waals surface area (Å²) in [5.41, 5.74) is 2.23. The molecular formula is C22H17NOS2. The van der Waals surface area contributed by atoms with Gasteiger partial charge in [-0.15, -0.1) is 0 Å². The number of carbonyl (C=O) groups excluding carboxylic acids is 1. The second-order valence-corrected chi connectivity index (χ2v) is 7.85. The van der Waals surface area contributed by atoms with Gasteiger partial charge in [-0.05, 0) is 40.5 Å². The van der Waals surface area contributed by atoms with Crippen molar-refractivity contribution in [3.8, 4) is 0 Å². The Balaban J connectivity index is 1.52. The Hall–Kier alpha value is -2.43. The molecule has 2 nitrogen and oxygen atoms in total. The van der Waals surface area contributed by atoms with Crippen LogP contribution in [0.3, 0.4) is 0 Å². The Kier molecular flexibility index (Phi) is 4.87. The van der Waals surface area contributed by atoms with Crippen LogP contribution in [0, 0.1) is 0 Å². The Labute approximate surface area is 162 Å². The Bertz CT molecular complexity index is 1010. The van der Waals surface area contributed by atoms with Gasteiger partial charge in [-0.1, -0.05) is 90.7 Å². The number of hydrogen-bond donors (Lipinski definition) is 0. The van der Waals surface area contributed by atoms with E-state index < -0.39 is 0 Å². The molecule has 4 rings (SSSR count). The molecule has 1 aliphatic rings. The molecule has 0 spiro atoms. The van der Waals surface area contributed by atoms with E-state index in [4.69, 9.17) is 12.2 Å². The highest BCUT2D eigenvalue weighted by atomic mass is 32.2. The monoisotopic (exact) mass is 375 g/mol. The van der Waals surface area contributed by atoms with E-state index in [1.807, 2.05) is 42.5 Å². The summed E-state index contributed by atoms with van der Waals surface area (Å²) in [6, 6.07) is 24.6. The van der Waals surface area contributed by atoms with Crippen molar-refractivity contribution in [2.45, 2.75) is 6.42 Å². The van der Waals surface area contributed by atoms with Crippen molar-refractivity contribution >= 4 is 51.1 Å². The first kappa shape index (κ1) is 17.0. The van der Waals surface area contributed by atoms with Gasteiger partial charge in [-0.2, -0.15) is 0 Å². The summed E-state index contributed by atoms with van der Waals surface area (Å²) in [6.07, 6.45) is 2.74. The number of hydrogen-bond acceptors (Lipinski definition) is 3. The van der Waals surface area contributed by atoms with E-state index in [-0.39, 0.29) is 5.91 Å². The highest BCUT2D eigenvalue weighted by Crippen LogP contribution is 2.33. The highest BCUT2D eigenvalue weighted by Gasteiger charge is 2.31. The molecule has 0 bridgehead atoms. The van der Waals surface area contributed by atoms with E-state index in [1.165, 1.54) is 28.1 Å². The van der Waals surface area contributed by atoms with Gasteiger partial charge in [0.15, 0.2) is 0 Å². The lowest BCUT2D eigenvalue weighted by molar-refractivity contribution is -0.122. The van der Waals surface area contributed by atoms with E-state index in [2.05, 4.69) is 36.4 Å². The number of amides is 1. The van der Waals surface area contributed by atoms with Crippen LogP contribution in [0.2, 0.25) is 0 Å². The van der Waals surface area contributed by atoms with Crippen molar-refractivity contribution in [3.05, 3.63) is 88.8 Å². The van der Waals surface area contributed by atoms with Crippen molar-refractivity contribution in [1.82, 2.24) is 4.90 Å². The van der Waals surface area contributed by atoms with Gasteiger partial charge in [-0.25, -0.2) is 0 Å². The van der Waals surface area contributed by atoms with Crippen molar-refractivity contribution in [2.24, 2.45) is 0 Å². The Morgan fingerprint density at radius 3 is 2.46 bits per heavy atom. The predicted octanol–water partition coefficient (Wildman–Crippen LogP) is 5.28. The fraction of sp³-hybridized carbons (Fsp3) is 0.0909. The zero-order chi connectivity index (χ0) is 17.9. The molecule has 0 saturated carbocycles. The molecule has 0 atom stereocenters. The Morgan fingerprint density at radius 2 is 1.65 bits per heavy atom. The van der Waals surface area contributed by atoms with Crippen molar-refractivity contribution in [2.75, 3.05) is 6.54 Å². The molecule has 0 aromatic heterocycles. The first-order chi connectivity index (χ1) is 12.7. The lowest BCUT2D eigenvalue weighted by Crippen LogP contribution is -2.30. The maximum Gasteiger partial charge on any atom is 0.266 e. The number of rotatable bonds is 4. The number of carbonyl (C=O) groups is 1. The minimum absolute atomic E-state index is 0.00379. The minimum Gasteiger partial charge on any atom is -0.293 e. The molecule has 26 heavy (non-hydrogen) atoms. The SMILES string of the molecule is O=C1C(=Cc2ccc3ccccc3c2)SC(=S)N1CCc1ccccc1. The molecule has 0 aliphatic carbocycles. The maximum absolute atomic E-state index is 12.8. The highest BCUT2D eigenvalue weighted by molar-refractivity contribution is 8.26. The van der Waals surface area contributed by atoms with Gasteiger partial charge >= 0.3 is 0 Å². The zero-order valence-corrected chi connectivity index (χ0v) is 15.7. The van der Waals surface area contributed by atoms with Gasteiger partial charge in [0, 0.05) is 6.54 Å². The summed E-state index contributed by atoms with van der Waals surface area (Å²) < 4.78 is 0.637. The van der Waals surface area contributed by atoms with Crippen LogP contribution in [0.5, 0.6) is 0 Å². The number of fused-ring (bicyclic) bond motifs is 1. The van der Waals surface area contributed by atoms with Crippen LogP contribution in [-0.2, 0) is 11.2 Å². The zero-order valence-electron chi connectivity index (χ0n) is 14.1. The second kappa shape index (κ2) is 7.44. The third-order valence-corrected chi connectivity index (χ3v) is 5.79. The second-order valence-electron chi connectivity index (χ2n) is 6.18. The number of nitrogens with zero attached hydrogens (tertiary/aromatic N) is 1. The van der Waals surface area contributed by atoms with Crippen LogP contribution in [0.25, 0.3) is 16.8 Å². The average Bonchev–Trinajstić information content (AvgIpc) is 2.94. The van der Waals surface area contributed by atoms with E-state index in [9.17, 15) is 4.79 Å². The molecule has 4 heteroatoms. The standard InChI is InChI=1S/C22H17NOS2/c24-21-20(15-17-10-11-18-8-4-5-9-19(18)14-17)26-22(25)23(21)13-12-16-6-2-1-3-7-16/h1-11,14-15H,12-13H2. The summed E-state index contributed by atoms with van der Waals surface area (Å²) in [4.78, 5) is 15.2. The van der Waals surface area contributed by atoms with Crippen LogP contribution < -0.4 is 0 Å². The summed E-state index contributed by atoms with van der Waals surface area (Å²) in [5, 5.41) is 2.36. The van der Waals surface area contributed by atoms with Crippen molar-refractivity contribution in [3.63, 3.8) is 0 Å². The summed E-state index contributed by atoms with van der Waals surface area (Å²) in [6.45, 7) is 0.615. The molecule has 1 saturated heterocycles. The van der Waals surface area contributed by atoms with Gasteiger partial charge in [-0.3, -0.25) is 9.69 Å². The molecule has 1 heterocycles. The smallest absolute Gasteiger partial charge is 0.266 e. The van der Waals surface area contributed by atoms with E-state index in [0.29, 0.717) is 15.8 Å². The minimum atomic E-state index is 0.00379. The number of thioether (sulfide) groups is 1. The molecule has 3 aromatic carbocycles. The molecule has 0 N–H and O–H groups in total. The van der Waals surface area contributed by atoms with Gasteiger partial charge in [0.05, 0.1) is 4.91 Å². The topological polar surface area (TPSA) is 20.3 Å². The third-order valence-electron chi connectivity index (χ3n) is 4.41. The molecule has 1 amide bonds. The predicted molar refractivity (Wildman–Crippen MR) is 114 cm³/mol. The van der Waals surface area contributed by atoms with E-state index >= 15 is 0 Å². The molecule has 1 aliphatic heterocycles. The van der Waals surface area contributed by atoms with Gasteiger partial charge in [0.2, 0.25) is 0 Å². The quantitative estimate of drug-likeness (QED) is 0.457. The largest absolute Gasteiger partial charge is 0.293 e. The summed E-state index contributed by atoms with van der Waals surface area (Å²) >= 11 is 6.82. The Morgan fingerprint density at radius 1 is 0.923 bits per heavy atom. The van der Waals surface area contributed by atoms with Crippen molar-refractivity contribution in [1.29, 1.82) is 0 Å². The number of benzene rings is 3. The lowest BCUT2D eigenvalue weighted by Gasteiger charge is -2.14. The fourth-order valence-electron chi connectivity index (χ4n) is 3.03. The van der Waals surface area contributed by atoms with Crippen LogP contribution >= 0.6 is 24.0 Å². The maximum atomic E-state index is 12.8. The molecule has 128 valence electrons. The first-order valence-electron chi connectivity index (χ1n) is 8.49. The molecule has 0 radical (unpaired) electrons. The molecule has 1 fully saturated rings. The molecule has 0 unspecified atom stereocenters. The summed E-state index contributed by atoms with van der Waals surface area (Å²) in [5.74, 6) is 0.00379. The van der Waals surface area contributed by atoms with Gasteiger partial charge < -0.3 is 0 Å². The molecular weight excluding hydrogens is 358 g/mol. The fourth-order valence-corrected chi connectivity index (χ4v) is 4.34. The number of thiocarbonyl (C=S) groups is 1. The normalized spacial score (nSPS) is 16.0. The van der Waals surface area contributed by atoms with Gasteiger partial charge in [0.25, 0.3) is 5.91 Å². The van der Waals surface area contributed by atoms with Crippen LogP contribution in [0.4, 0.5) is 0 Å². The van der Waals surface area contributed by atoms with Crippen LogP contribution in [0.1, 0.15) is 11.1 Å². The first-order valence-corrected chi connectivity index (χ1v) is 9.71. The third kappa shape index (κ3) is 3.57. The van der Waals surface area contributed by atoms with Crippen LogP contribution in [-0.4, -0.2) is 21.7 Å². The van der Waals surface area contributed by atoms with E-state index in [1.54, 1.807) is 4.90 Å². The molecule has 3 aromatic rings. The van der Waals surface area contributed by atoms with Gasteiger partial charge in [0.1, 0.15) is 4.32 Å².